The number of carboxylic acid groups (broad SMARTS) is 1. The van der Waals surface area contributed by atoms with Gasteiger partial charge in [0.25, 0.3) is 5.79 Å². The van der Waals surface area contributed by atoms with Crippen molar-refractivity contribution in [2.24, 2.45) is 0 Å². The fourth-order valence-corrected chi connectivity index (χ4v) is 3.28. The van der Waals surface area contributed by atoms with Gasteiger partial charge in [0.05, 0.1) is 132 Å². The Hall–Kier alpha value is -1.85. The molecular formula is C48H116O35. The third-order valence-corrected chi connectivity index (χ3v) is 8.58. The van der Waals surface area contributed by atoms with Crippen molar-refractivity contribution in [3.63, 3.8) is 0 Å². The van der Waals surface area contributed by atoms with Crippen molar-refractivity contribution in [1.82, 2.24) is 0 Å². The van der Waals surface area contributed by atoms with Crippen molar-refractivity contribution in [3.05, 3.63) is 0 Å². The molecule has 1 unspecified atom stereocenters. The number of aliphatic hydroxyl groups excluding tert-OH is 31. The van der Waals surface area contributed by atoms with Crippen molar-refractivity contribution < 1.29 is 178 Å². The Morgan fingerprint density at radius 2 is 0.373 bits per heavy atom. The van der Waals surface area contributed by atoms with Gasteiger partial charge in [-0.1, -0.05) is 90.4 Å². The van der Waals surface area contributed by atoms with E-state index in [0.717, 1.165) is 19.3 Å². The normalized spacial score (nSPS) is 10.9. The minimum absolute atomic E-state index is 0.0943. The molecule has 0 aromatic carbocycles. The summed E-state index contributed by atoms with van der Waals surface area (Å²) in [5.41, 5.74) is 0. The maximum atomic E-state index is 10.5. The molecule has 0 aliphatic rings. The van der Waals surface area contributed by atoms with Crippen LogP contribution in [0, 0.1) is 0 Å². The number of carbonyl (C=O) groups is 1. The standard InChI is InChI=1S/C18H36O5.10C3H8O3/c1-2-3-4-5-6-7-8-9-10-11-12-13-14-15-16(19)18(22,23)17(20)21;10*4-1-3(6)2-5/h16,19,22-23H,2-15H2,1H3,(H,20,21);10*3-6H,1-2H2. The van der Waals surface area contributed by atoms with Crippen LogP contribution < -0.4 is 0 Å². The second-order valence-electron chi connectivity index (χ2n) is 16.8. The van der Waals surface area contributed by atoms with Gasteiger partial charge in [-0.3, -0.25) is 0 Å². The topological polar surface area (TPSA) is 705 Å². The minimum Gasteiger partial charge on any atom is -0.477 e. The van der Waals surface area contributed by atoms with Gasteiger partial charge in [0.15, 0.2) is 0 Å². The molecule has 0 saturated heterocycles. The summed E-state index contributed by atoms with van der Waals surface area (Å²) in [7, 11) is 0. The van der Waals surface area contributed by atoms with E-state index in [2.05, 4.69) is 6.92 Å². The zero-order chi connectivity index (χ0) is 67.5. The highest BCUT2D eigenvalue weighted by Gasteiger charge is 2.41. The first kappa shape index (κ1) is 106. The summed E-state index contributed by atoms with van der Waals surface area (Å²) in [6, 6.07) is 0. The predicted octanol–water partition coefficient (Wildman–Crippen LogP) is -13.1. The van der Waals surface area contributed by atoms with E-state index in [1.165, 1.54) is 57.8 Å². The SMILES string of the molecule is CCCCCCCCCCCCCCCC(O)C(O)(O)C(=O)O.OCC(O)CO.OCC(O)CO.OCC(O)CO.OCC(O)CO.OCC(O)CO.OCC(O)CO.OCC(O)CO.OCC(O)CO.OCC(O)CO.OCC(O)CO. The number of rotatable bonds is 36. The van der Waals surface area contributed by atoms with Gasteiger partial charge < -0.3 is 174 Å². The second-order valence-corrected chi connectivity index (χ2v) is 16.8. The molecule has 35 nitrogen and oxygen atoms in total. The molecule has 0 aliphatic carbocycles. The van der Waals surface area contributed by atoms with Gasteiger partial charge in [-0.2, -0.15) is 0 Å². The van der Waals surface area contributed by atoms with Gasteiger partial charge in [-0.15, -0.1) is 0 Å². The van der Waals surface area contributed by atoms with E-state index < -0.39 is 78.9 Å². The smallest absolute Gasteiger partial charge is 0.366 e. The zero-order valence-corrected chi connectivity index (χ0v) is 48.0. The molecule has 518 valence electrons. The second kappa shape index (κ2) is 91.3. The van der Waals surface area contributed by atoms with Gasteiger partial charge >= 0.3 is 5.97 Å². The summed E-state index contributed by atoms with van der Waals surface area (Å²) in [6.45, 7) is -5.06. The lowest BCUT2D eigenvalue weighted by molar-refractivity contribution is -0.237. The van der Waals surface area contributed by atoms with Crippen LogP contribution in [0.3, 0.4) is 0 Å². The third-order valence-electron chi connectivity index (χ3n) is 8.58. The average Bonchev–Trinajstić information content (AvgIpc) is 3.53. The van der Waals surface area contributed by atoms with Crippen LogP contribution >= 0.6 is 0 Å². The molecule has 0 fully saturated rings. The number of aliphatic hydroxyl groups is 33. The molecule has 0 heterocycles. The van der Waals surface area contributed by atoms with Crippen LogP contribution in [0.25, 0.3) is 0 Å². The lowest BCUT2D eigenvalue weighted by Crippen LogP contribution is -2.49. The van der Waals surface area contributed by atoms with E-state index in [0.29, 0.717) is 6.42 Å². The summed E-state index contributed by atoms with van der Waals surface area (Å²) in [5.74, 6) is -4.84. The van der Waals surface area contributed by atoms with Crippen molar-refractivity contribution in [3.8, 4) is 0 Å². The molecule has 0 saturated carbocycles. The molecule has 83 heavy (non-hydrogen) atoms. The molecule has 0 bridgehead atoms. The Morgan fingerprint density at radius 3 is 0.470 bits per heavy atom. The van der Waals surface area contributed by atoms with Gasteiger partial charge in [-0.05, 0) is 6.42 Å². The lowest BCUT2D eigenvalue weighted by Gasteiger charge is -2.22. The van der Waals surface area contributed by atoms with Gasteiger partial charge in [0, 0.05) is 0 Å². The zero-order valence-electron chi connectivity index (χ0n) is 48.0. The van der Waals surface area contributed by atoms with Crippen molar-refractivity contribution in [2.75, 3.05) is 132 Å². The largest absolute Gasteiger partial charge is 0.477 e. The summed E-state index contributed by atoms with van der Waals surface area (Å²) < 4.78 is 0. The van der Waals surface area contributed by atoms with Gasteiger partial charge in [0.1, 0.15) is 67.1 Å². The highest BCUT2D eigenvalue weighted by atomic mass is 16.6. The van der Waals surface area contributed by atoms with Crippen LogP contribution in [0.5, 0.6) is 0 Å². The van der Waals surface area contributed by atoms with Crippen LogP contribution in [-0.2, 0) is 4.79 Å². The first-order valence-corrected chi connectivity index (χ1v) is 26.4. The fourth-order valence-electron chi connectivity index (χ4n) is 3.28. The van der Waals surface area contributed by atoms with E-state index in [1.54, 1.807) is 0 Å². The summed E-state index contributed by atoms with van der Waals surface area (Å²) in [5, 5.41) is 276. The van der Waals surface area contributed by atoms with Crippen LogP contribution in [0.4, 0.5) is 0 Å². The number of unbranched alkanes of at least 4 members (excludes halogenated alkanes) is 12. The Kier molecular flexibility index (Phi) is 117. The highest BCUT2D eigenvalue weighted by Crippen LogP contribution is 2.17. The first-order valence-electron chi connectivity index (χ1n) is 26.4. The van der Waals surface area contributed by atoms with Crippen molar-refractivity contribution in [2.45, 2.75) is 170 Å². The van der Waals surface area contributed by atoms with Crippen molar-refractivity contribution in [1.29, 1.82) is 0 Å². The number of hydrogen-bond donors (Lipinski definition) is 34. The maximum Gasteiger partial charge on any atom is 0.366 e. The minimum atomic E-state index is -3.03. The molecule has 34 N–H and O–H groups in total. The predicted molar refractivity (Wildman–Crippen MR) is 293 cm³/mol. The molecule has 0 spiro atoms. The van der Waals surface area contributed by atoms with E-state index >= 15 is 0 Å². The molecule has 0 rings (SSSR count). The molecule has 0 aromatic heterocycles. The highest BCUT2D eigenvalue weighted by molar-refractivity contribution is 5.75. The first-order chi connectivity index (χ1) is 39.0. The average molecular weight is 1250 g/mol. The molecule has 0 radical (unpaired) electrons. The summed E-state index contributed by atoms with van der Waals surface area (Å²) in [4.78, 5) is 10.5. The Bertz CT molecular complexity index is 863. The third kappa shape index (κ3) is 115. The molecule has 0 aliphatic heterocycles. The Labute approximate surface area is 485 Å². The van der Waals surface area contributed by atoms with E-state index in [9.17, 15) is 9.90 Å². The summed E-state index contributed by atoms with van der Waals surface area (Å²) in [6.07, 6.45) is 4.47. The quantitative estimate of drug-likeness (QED) is 0.0205. The van der Waals surface area contributed by atoms with E-state index in [1.807, 2.05) is 0 Å². The summed E-state index contributed by atoms with van der Waals surface area (Å²) >= 11 is 0. The molecule has 1 atom stereocenters. The maximum absolute atomic E-state index is 10.5. The van der Waals surface area contributed by atoms with Crippen LogP contribution in [0.2, 0.25) is 0 Å². The van der Waals surface area contributed by atoms with Gasteiger partial charge in [0.2, 0.25) is 0 Å². The number of hydrogen-bond acceptors (Lipinski definition) is 34. The molecule has 0 amide bonds. The van der Waals surface area contributed by atoms with E-state index in [-0.39, 0.29) is 139 Å². The van der Waals surface area contributed by atoms with Crippen LogP contribution in [0.1, 0.15) is 96.8 Å². The molecular weight excluding hydrogens is 1140 g/mol. The Morgan fingerprint density at radius 1 is 0.253 bits per heavy atom. The van der Waals surface area contributed by atoms with Crippen molar-refractivity contribution >= 4 is 5.97 Å². The van der Waals surface area contributed by atoms with Gasteiger partial charge in [-0.25, -0.2) is 4.79 Å². The monoisotopic (exact) mass is 1250 g/mol. The van der Waals surface area contributed by atoms with Crippen LogP contribution in [0.15, 0.2) is 0 Å². The molecule has 0 aromatic rings. The number of aliphatic carboxylic acids is 1. The van der Waals surface area contributed by atoms with E-state index in [4.69, 9.17) is 169 Å². The lowest BCUT2D eigenvalue weighted by atomic mass is 10.0. The fraction of sp³-hybridized carbons (Fsp3) is 0.979. The number of carboxylic acids is 1. The molecule has 35 heteroatoms. The Balaban J connectivity index is -0.0000000813. The van der Waals surface area contributed by atoms with Crippen LogP contribution in [-0.4, -0.2) is 385 Å².